The first-order chi connectivity index (χ1) is 33.8. The number of hydrogen-bond acceptors (Lipinski definition) is 3. The molecule has 0 fully saturated rings. The third kappa shape index (κ3) is 5.44. The van der Waals surface area contributed by atoms with Gasteiger partial charge in [-0.1, -0.05) is 170 Å². The van der Waals surface area contributed by atoms with Gasteiger partial charge < -0.3 is 9.80 Å². The zero-order valence-electron chi connectivity index (χ0n) is 39.5. The maximum absolute atomic E-state index is 9.21. The average Bonchev–Trinajstić information content (AvgIpc) is 4.03. The van der Waals surface area contributed by atoms with Crippen molar-refractivity contribution in [2.75, 3.05) is 9.80 Å². The maximum atomic E-state index is 9.21. The molecule has 2 aliphatic carbocycles. The predicted octanol–water partition coefficient (Wildman–Crippen LogP) is 17.0. The predicted molar refractivity (Wildman–Crippen MR) is 270 cm³/mol. The second-order valence-electron chi connectivity index (χ2n) is 16.4. The van der Waals surface area contributed by atoms with Gasteiger partial charge in [-0.05, 0) is 123 Å². The molecule has 1 spiro atoms. The minimum Gasteiger partial charge on any atom is -0.310 e. The Labute approximate surface area is 384 Å². The van der Waals surface area contributed by atoms with Crippen LogP contribution in [0, 0.1) is 0 Å². The lowest BCUT2D eigenvalue weighted by Gasteiger charge is -2.33. The van der Waals surface area contributed by atoms with Crippen LogP contribution in [-0.2, 0) is 5.41 Å². The van der Waals surface area contributed by atoms with Crippen molar-refractivity contribution in [3.63, 3.8) is 0 Å². The molecule has 1 heterocycles. The van der Waals surface area contributed by atoms with Gasteiger partial charge in [0, 0.05) is 54.2 Å². The number of anilines is 6. The van der Waals surface area contributed by atoms with Crippen molar-refractivity contribution in [1.82, 2.24) is 0 Å². The van der Waals surface area contributed by atoms with E-state index in [2.05, 4.69) is 181 Å². The van der Waals surface area contributed by atoms with Crippen LogP contribution in [-0.4, -0.2) is 0 Å². The van der Waals surface area contributed by atoms with Crippen LogP contribution in [0.3, 0.4) is 0 Å². The molecule has 3 heteroatoms. The van der Waals surface area contributed by atoms with Crippen molar-refractivity contribution in [1.29, 1.82) is 0 Å². The molecule has 2 aliphatic rings. The molecule has 0 bridgehead atoms. The van der Waals surface area contributed by atoms with Crippen LogP contribution in [0.25, 0.3) is 53.6 Å². The summed E-state index contributed by atoms with van der Waals surface area (Å²) in [6, 6.07) is 73.3. The van der Waals surface area contributed by atoms with Crippen molar-refractivity contribution in [3.8, 4) is 33.4 Å². The van der Waals surface area contributed by atoms with E-state index in [-0.39, 0.29) is 29.9 Å². The Morgan fingerprint density at radius 2 is 0.859 bits per heavy atom. The fourth-order valence-electron chi connectivity index (χ4n) is 10.5. The van der Waals surface area contributed by atoms with E-state index in [9.17, 15) is 2.74 Å². The molecule has 1 aromatic heterocycles. The molecule has 0 saturated carbocycles. The summed E-state index contributed by atoms with van der Waals surface area (Å²) in [5, 5.41) is 2.50. The van der Waals surface area contributed by atoms with E-state index in [0.717, 1.165) is 72.7 Å². The Hall–Kier alpha value is -7.98. The third-order valence-corrected chi connectivity index (χ3v) is 14.3. The Kier molecular flexibility index (Phi) is 7.23. The highest BCUT2D eigenvalue weighted by atomic mass is 32.1. The highest BCUT2D eigenvalue weighted by Gasteiger charge is 2.52. The SMILES string of the molecule is [2H]c1c([2H])c([2H])c(N(c2ccccc2)c2ccc3c(c2)C2(c4ccccc4-c4ccc(N(c5ccc6c(c5)sc5ccccc56)c5ccccc5-c5ccccc5)cc42)c2ccccc2-3)c([2H])c1[2H]. The number of nitrogens with zero attached hydrogens (tertiary/aromatic N) is 2. The van der Waals surface area contributed by atoms with Crippen LogP contribution < -0.4 is 9.80 Å². The summed E-state index contributed by atoms with van der Waals surface area (Å²) < 4.78 is 46.8. The Morgan fingerprint density at radius 1 is 0.344 bits per heavy atom. The Balaban J connectivity index is 1.09. The van der Waals surface area contributed by atoms with Gasteiger partial charge >= 0.3 is 0 Å². The van der Waals surface area contributed by atoms with Crippen LogP contribution in [0.4, 0.5) is 34.1 Å². The number of rotatable bonds is 7. The second kappa shape index (κ2) is 14.6. The van der Waals surface area contributed by atoms with Gasteiger partial charge in [0.1, 0.15) is 0 Å². The molecule has 0 saturated heterocycles. The fraction of sp³-hybridized carbons (Fsp3) is 0.0164. The molecule has 0 amide bonds. The minimum absolute atomic E-state index is 0.0922. The van der Waals surface area contributed by atoms with Crippen molar-refractivity contribution in [2.45, 2.75) is 5.41 Å². The molecular weight excluding hydrogens is 793 g/mol. The summed E-state index contributed by atoms with van der Waals surface area (Å²) in [6.07, 6.45) is 0. The monoisotopic (exact) mass is 837 g/mol. The molecule has 1 atom stereocenters. The lowest BCUT2D eigenvalue weighted by Crippen LogP contribution is -2.26. The molecule has 13 rings (SSSR count). The Morgan fingerprint density at radius 3 is 1.56 bits per heavy atom. The minimum atomic E-state index is -0.786. The molecule has 0 radical (unpaired) electrons. The lowest BCUT2D eigenvalue weighted by atomic mass is 9.70. The quantitative estimate of drug-likeness (QED) is 0.158. The molecule has 11 aromatic rings. The van der Waals surface area contributed by atoms with Crippen LogP contribution in [0.5, 0.6) is 0 Å². The fourth-order valence-corrected chi connectivity index (χ4v) is 11.7. The first kappa shape index (κ1) is 31.8. The number of fused-ring (bicyclic) bond motifs is 13. The first-order valence-electron chi connectivity index (χ1n) is 24.1. The largest absolute Gasteiger partial charge is 0.310 e. The van der Waals surface area contributed by atoms with Crippen molar-refractivity contribution < 1.29 is 6.85 Å². The van der Waals surface area contributed by atoms with E-state index in [0.29, 0.717) is 11.4 Å². The normalized spacial score (nSPS) is 15.4. The zero-order chi connectivity index (χ0) is 46.5. The summed E-state index contributed by atoms with van der Waals surface area (Å²) in [5.74, 6) is 0. The average molecular weight is 838 g/mol. The van der Waals surface area contributed by atoms with Gasteiger partial charge in [0.2, 0.25) is 0 Å². The summed E-state index contributed by atoms with van der Waals surface area (Å²) >= 11 is 1.82. The van der Waals surface area contributed by atoms with Gasteiger partial charge in [0.25, 0.3) is 0 Å². The molecule has 300 valence electrons. The van der Waals surface area contributed by atoms with Crippen molar-refractivity contribution >= 4 is 65.6 Å². The third-order valence-electron chi connectivity index (χ3n) is 13.1. The number of para-hydroxylation sites is 3. The van der Waals surface area contributed by atoms with Gasteiger partial charge in [-0.25, -0.2) is 0 Å². The smallest absolute Gasteiger partial charge is 0.0727 e. The zero-order valence-corrected chi connectivity index (χ0v) is 35.3. The van der Waals surface area contributed by atoms with Gasteiger partial charge in [-0.2, -0.15) is 0 Å². The van der Waals surface area contributed by atoms with Crippen molar-refractivity contribution in [3.05, 3.63) is 265 Å². The lowest BCUT2D eigenvalue weighted by molar-refractivity contribution is 0.793. The first-order valence-corrected chi connectivity index (χ1v) is 22.4. The second-order valence-corrected chi connectivity index (χ2v) is 17.5. The van der Waals surface area contributed by atoms with Crippen LogP contribution in [0.2, 0.25) is 0 Å². The van der Waals surface area contributed by atoms with E-state index in [1.165, 1.54) is 20.2 Å². The summed E-state index contributed by atoms with van der Waals surface area (Å²) in [4.78, 5) is 4.23. The molecular formula is C61H40N2S. The summed E-state index contributed by atoms with van der Waals surface area (Å²) in [5.41, 5.74) is 15.1. The maximum Gasteiger partial charge on any atom is 0.0727 e. The van der Waals surface area contributed by atoms with Gasteiger partial charge in [-0.3, -0.25) is 0 Å². The summed E-state index contributed by atoms with van der Waals surface area (Å²) in [7, 11) is 0. The molecule has 64 heavy (non-hydrogen) atoms. The highest BCUT2D eigenvalue weighted by Crippen LogP contribution is 2.64. The van der Waals surface area contributed by atoms with Crippen molar-refractivity contribution in [2.24, 2.45) is 0 Å². The van der Waals surface area contributed by atoms with E-state index >= 15 is 0 Å². The number of hydrogen-bond donors (Lipinski definition) is 0. The topological polar surface area (TPSA) is 6.48 Å². The standard InChI is InChI=1S/C61H40N2S/c1-4-18-41(19-5-1)47-24-12-16-30-58(47)63(46-34-37-53-52-27-13-17-31-59(52)64-60(53)40-46)45-33-36-51-49-26-11-15-29-55(49)61(57(51)39-45)54-28-14-10-25-48(54)50-35-32-44(38-56(50)61)62(42-20-6-2-7-21-42)43-22-8-3-9-23-43/h1-40H/i2D,6D,7D,20D,21D. The van der Waals surface area contributed by atoms with Gasteiger partial charge in [0.15, 0.2) is 0 Å². The van der Waals surface area contributed by atoms with E-state index in [1.807, 2.05) is 52.6 Å². The molecule has 1 unspecified atom stereocenters. The van der Waals surface area contributed by atoms with E-state index in [4.69, 9.17) is 4.11 Å². The van der Waals surface area contributed by atoms with Gasteiger partial charge in [-0.15, -0.1) is 11.3 Å². The van der Waals surface area contributed by atoms with E-state index < -0.39 is 11.5 Å². The number of thiophene rings is 1. The molecule has 2 nitrogen and oxygen atoms in total. The van der Waals surface area contributed by atoms with Gasteiger partial charge in [0.05, 0.1) is 18.0 Å². The molecule has 0 N–H and O–H groups in total. The van der Waals surface area contributed by atoms with Crippen LogP contribution in [0.1, 0.15) is 29.1 Å². The number of benzene rings is 10. The van der Waals surface area contributed by atoms with Crippen LogP contribution in [0.15, 0.2) is 243 Å². The summed E-state index contributed by atoms with van der Waals surface area (Å²) in [6.45, 7) is 0. The van der Waals surface area contributed by atoms with Crippen LogP contribution >= 0.6 is 11.3 Å². The molecule has 0 aliphatic heterocycles. The molecule has 10 aromatic carbocycles. The van der Waals surface area contributed by atoms with E-state index in [1.54, 1.807) is 0 Å². The highest BCUT2D eigenvalue weighted by molar-refractivity contribution is 7.25. The Bertz CT molecular complexity index is 3850.